The summed E-state index contributed by atoms with van der Waals surface area (Å²) in [4.78, 5) is 18.5. The van der Waals surface area contributed by atoms with E-state index in [0.29, 0.717) is 16.5 Å². The van der Waals surface area contributed by atoms with Gasteiger partial charge in [0.15, 0.2) is 0 Å². The highest BCUT2D eigenvalue weighted by Gasteiger charge is 2.18. The molecule has 0 fully saturated rings. The highest BCUT2D eigenvalue weighted by molar-refractivity contribution is 7.21. The number of nitrogens with zero attached hydrogens (tertiary/aromatic N) is 1. The molecule has 3 rings (SSSR count). The first kappa shape index (κ1) is 15.5. The summed E-state index contributed by atoms with van der Waals surface area (Å²) in [6, 6.07) is 11.6. The van der Waals surface area contributed by atoms with Gasteiger partial charge in [-0.2, -0.15) is 0 Å². The molecule has 0 saturated carbocycles. The van der Waals surface area contributed by atoms with E-state index in [4.69, 9.17) is 5.73 Å². The largest absolute Gasteiger partial charge is 0.397 e. The van der Waals surface area contributed by atoms with Gasteiger partial charge in [0, 0.05) is 16.8 Å². The number of pyridine rings is 1. The Bertz CT molecular complexity index is 883. The molecule has 0 aliphatic rings. The lowest BCUT2D eigenvalue weighted by Gasteiger charge is -2.07. The van der Waals surface area contributed by atoms with Crippen molar-refractivity contribution >= 4 is 38.8 Å². The fourth-order valence-electron chi connectivity index (χ4n) is 2.39. The fourth-order valence-corrected chi connectivity index (χ4v) is 3.39. The minimum atomic E-state index is -0.189. The Balaban J connectivity index is 1.97. The van der Waals surface area contributed by atoms with Crippen LogP contribution in [0.25, 0.3) is 10.2 Å². The van der Waals surface area contributed by atoms with E-state index in [1.807, 2.05) is 43.3 Å². The maximum atomic E-state index is 12.6. The molecule has 1 amide bonds. The number of carbonyl (C=O) groups excluding carboxylic acids is 1. The lowest BCUT2D eigenvalue weighted by Crippen LogP contribution is -2.12. The van der Waals surface area contributed by atoms with Crippen molar-refractivity contribution < 1.29 is 4.79 Å². The number of nitrogens with two attached hydrogens (primary N) is 1. The van der Waals surface area contributed by atoms with Crippen LogP contribution in [0, 0.1) is 6.92 Å². The molecule has 0 radical (unpaired) electrons. The maximum Gasteiger partial charge on any atom is 0.267 e. The topological polar surface area (TPSA) is 68.0 Å². The number of aryl methyl sites for hydroxylation is 1. The first-order valence-electron chi connectivity index (χ1n) is 7.53. The van der Waals surface area contributed by atoms with E-state index in [0.717, 1.165) is 27.2 Å². The smallest absolute Gasteiger partial charge is 0.267 e. The molecule has 3 N–H and O–H groups in total. The summed E-state index contributed by atoms with van der Waals surface area (Å²) in [5.74, 6) is 0.151. The average Bonchev–Trinajstić information content (AvgIpc) is 2.86. The van der Waals surface area contributed by atoms with E-state index >= 15 is 0 Å². The molecule has 3 aromatic rings. The second-order valence-corrected chi connectivity index (χ2v) is 6.86. The van der Waals surface area contributed by atoms with Crippen molar-refractivity contribution in [2.75, 3.05) is 11.1 Å². The number of benzene rings is 1. The predicted octanol–water partition coefficient (Wildman–Crippen LogP) is 4.56. The lowest BCUT2D eigenvalue weighted by atomic mass is 10.1. The Morgan fingerprint density at radius 2 is 1.96 bits per heavy atom. The third kappa shape index (κ3) is 2.92. The molecule has 0 bridgehead atoms. The summed E-state index contributed by atoms with van der Waals surface area (Å²) in [5.41, 5.74) is 9.48. The third-order valence-electron chi connectivity index (χ3n) is 3.81. The number of hydrogen-bond acceptors (Lipinski definition) is 4. The summed E-state index contributed by atoms with van der Waals surface area (Å²) in [7, 11) is 0. The number of amides is 1. The van der Waals surface area contributed by atoms with Gasteiger partial charge < -0.3 is 11.1 Å². The first-order valence-corrected chi connectivity index (χ1v) is 8.35. The van der Waals surface area contributed by atoms with Crippen molar-refractivity contribution in [3.8, 4) is 0 Å². The summed E-state index contributed by atoms with van der Waals surface area (Å²) in [5, 5.41) is 3.77. The average molecular weight is 325 g/mol. The van der Waals surface area contributed by atoms with E-state index in [2.05, 4.69) is 24.1 Å². The van der Waals surface area contributed by atoms with Gasteiger partial charge >= 0.3 is 0 Å². The molecule has 0 aliphatic carbocycles. The molecule has 0 saturated heterocycles. The molecule has 118 valence electrons. The SMILES string of the molecule is Cc1ccccc1NC(=O)c1sc2nc(C(C)C)ccc2c1N. The van der Waals surface area contributed by atoms with E-state index in [-0.39, 0.29) is 5.91 Å². The maximum absolute atomic E-state index is 12.6. The number of carbonyl (C=O) groups is 1. The van der Waals surface area contributed by atoms with Gasteiger partial charge in [0.1, 0.15) is 9.71 Å². The van der Waals surface area contributed by atoms with E-state index < -0.39 is 0 Å². The Hall–Kier alpha value is -2.40. The minimum absolute atomic E-state index is 0.189. The molecular weight excluding hydrogens is 306 g/mol. The molecule has 23 heavy (non-hydrogen) atoms. The third-order valence-corrected chi connectivity index (χ3v) is 4.92. The summed E-state index contributed by atoms with van der Waals surface area (Å²) in [6.45, 7) is 6.15. The van der Waals surface area contributed by atoms with Crippen LogP contribution in [-0.2, 0) is 0 Å². The molecule has 1 aromatic carbocycles. The molecule has 0 spiro atoms. The molecule has 5 heteroatoms. The summed E-state index contributed by atoms with van der Waals surface area (Å²) < 4.78 is 0. The monoisotopic (exact) mass is 325 g/mol. The van der Waals surface area contributed by atoms with Crippen LogP contribution in [0.5, 0.6) is 0 Å². The zero-order chi connectivity index (χ0) is 16.6. The van der Waals surface area contributed by atoms with Crippen LogP contribution in [-0.4, -0.2) is 10.9 Å². The highest BCUT2D eigenvalue weighted by Crippen LogP contribution is 2.34. The van der Waals surface area contributed by atoms with E-state index in [1.165, 1.54) is 11.3 Å². The van der Waals surface area contributed by atoms with Crippen LogP contribution in [0.1, 0.15) is 40.7 Å². The van der Waals surface area contributed by atoms with Gasteiger partial charge in [-0.1, -0.05) is 32.0 Å². The standard InChI is InChI=1S/C18H19N3OS/c1-10(2)13-9-8-12-15(19)16(23-18(12)21-13)17(22)20-14-7-5-4-6-11(14)3/h4-10H,19H2,1-3H3,(H,20,22). The number of fused-ring (bicyclic) bond motifs is 1. The van der Waals surface area contributed by atoms with Crippen molar-refractivity contribution in [1.82, 2.24) is 4.98 Å². The zero-order valence-corrected chi connectivity index (χ0v) is 14.2. The Morgan fingerprint density at radius 1 is 1.22 bits per heavy atom. The number of nitrogens with one attached hydrogen (secondary N) is 1. The van der Waals surface area contributed by atoms with Gasteiger partial charge in [-0.25, -0.2) is 4.98 Å². The quantitative estimate of drug-likeness (QED) is 0.741. The minimum Gasteiger partial charge on any atom is -0.397 e. The van der Waals surface area contributed by atoms with Crippen LogP contribution in [0.15, 0.2) is 36.4 Å². The van der Waals surface area contributed by atoms with Crippen molar-refractivity contribution in [3.05, 3.63) is 52.5 Å². The Kier molecular flexibility index (Phi) is 4.05. The van der Waals surface area contributed by atoms with Crippen molar-refractivity contribution in [1.29, 1.82) is 0 Å². The normalized spacial score (nSPS) is 11.1. The molecular formula is C18H19N3OS. The van der Waals surface area contributed by atoms with Gasteiger partial charge in [-0.3, -0.25) is 4.79 Å². The predicted molar refractivity (Wildman–Crippen MR) is 97.3 cm³/mol. The van der Waals surface area contributed by atoms with Crippen molar-refractivity contribution in [2.24, 2.45) is 0 Å². The highest BCUT2D eigenvalue weighted by atomic mass is 32.1. The van der Waals surface area contributed by atoms with Crippen LogP contribution >= 0.6 is 11.3 Å². The number of anilines is 2. The summed E-state index contributed by atoms with van der Waals surface area (Å²) in [6.07, 6.45) is 0. The first-order chi connectivity index (χ1) is 11.0. The molecule has 0 aliphatic heterocycles. The van der Waals surface area contributed by atoms with Crippen LogP contribution < -0.4 is 11.1 Å². The Morgan fingerprint density at radius 3 is 2.65 bits per heavy atom. The van der Waals surface area contributed by atoms with Crippen LogP contribution in [0.4, 0.5) is 11.4 Å². The van der Waals surface area contributed by atoms with Gasteiger partial charge in [0.05, 0.1) is 5.69 Å². The molecule has 2 heterocycles. The van der Waals surface area contributed by atoms with Crippen LogP contribution in [0.3, 0.4) is 0 Å². The Labute approximate surface area is 139 Å². The number of aromatic nitrogens is 1. The lowest BCUT2D eigenvalue weighted by molar-refractivity contribution is 0.103. The van der Waals surface area contributed by atoms with Crippen LogP contribution in [0.2, 0.25) is 0 Å². The molecule has 0 atom stereocenters. The van der Waals surface area contributed by atoms with Gasteiger partial charge in [-0.15, -0.1) is 11.3 Å². The number of rotatable bonds is 3. The zero-order valence-electron chi connectivity index (χ0n) is 13.4. The second kappa shape index (κ2) is 6.01. The number of nitrogen functional groups attached to an aromatic ring is 1. The fraction of sp³-hybridized carbons (Fsp3) is 0.222. The van der Waals surface area contributed by atoms with Crippen molar-refractivity contribution in [3.63, 3.8) is 0 Å². The van der Waals surface area contributed by atoms with Crippen molar-refractivity contribution in [2.45, 2.75) is 26.7 Å². The van der Waals surface area contributed by atoms with Gasteiger partial charge in [0.25, 0.3) is 5.91 Å². The molecule has 0 unspecified atom stereocenters. The molecule has 2 aromatic heterocycles. The van der Waals surface area contributed by atoms with Gasteiger partial charge in [-0.05, 0) is 36.6 Å². The number of hydrogen-bond donors (Lipinski definition) is 2. The van der Waals surface area contributed by atoms with E-state index in [9.17, 15) is 4.79 Å². The molecule has 4 nitrogen and oxygen atoms in total. The van der Waals surface area contributed by atoms with E-state index in [1.54, 1.807) is 0 Å². The summed E-state index contributed by atoms with van der Waals surface area (Å²) >= 11 is 1.34. The second-order valence-electron chi connectivity index (χ2n) is 5.86. The van der Waals surface area contributed by atoms with Gasteiger partial charge in [0.2, 0.25) is 0 Å². The number of para-hydroxylation sites is 1. The number of thiophene rings is 1.